The molecule has 0 saturated carbocycles. The first-order valence-electron chi connectivity index (χ1n) is 10.3. The van der Waals surface area contributed by atoms with Crippen molar-refractivity contribution in [3.63, 3.8) is 0 Å². The van der Waals surface area contributed by atoms with Crippen LogP contribution in [0, 0.1) is 6.92 Å². The van der Waals surface area contributed by atoms with E-state index in [9.17, 15) is 4.79 Å². The van der Waals surface area contributed by atoms with Crippen molar-refractivity contribution in [2.75, 3.05) is 18.0 Å². The number of fused-ring (bicyclic) bond motifs is 2. The number of nitrogens with zero attached hydrogens (tertiary/aromatic N) is 2. The number of carbonyl (C=O) groups excluding carboxylic acids is 1. The Labute approximate surface area is 184 Å². The van der Waals surface area contributed by atoms with E-state index in [2.05, 4.69) is 17.0 Å². The summed E-state index contributed by atoms with van der Waals surface area (Å²) in [6.07, 6.45) is 1.90. The van der Waals surface area contributed by atoms with Crippen LogP contribution in [0.5, 0.6) is 11.5 Å². The predicted molar refractivity (Wildman–Crippen MR) is 123 cm³/mol. The summed E-state index contributed by atoms with van der Waals surface area (Å²) < 4.78 is 6.10. The minimum absolute atomic E-state index is 0.140. The Bertz CT molecular complexity index is 790. The van der Waals surface area contributed by atoms with Crippen molar-refractivity contribution in [1.82, 2.24) is 4.90 Å². The number of hydrogen-bond acceptors (Lipinski definition) is 3. The van der Waals surface area contributed by atoms with Gasteiger partial charge in [0, 0.05) is 24.2 Å². The molecule has 2 aliphatic rings. The highest BCUT2D eigenvalue weighted by molar-refractivity contribution is 6.62. The molecular formula is C23H30Cl2N2O2. The van der Waals surface area contributed by atoms with Gasteiger partial charge in [0.2, 0.25) is 0 Å². The van der Waals surface area contributed by atoms with Crippen LogP contribution >= 0.6 is 23.2 Å². The maximum atomic E-state index is 11.6. The van der Waals surface area contributed by atoms with Gasteiger partial charge in [-0.3, -0.25) is 4.79 Å². The van der Waals surface area contributed by atoms with E-state index in [0.29, 0.717) is 18.1 Å². The van der Waals surface area contributed by atoms with E-state index in [-0.39, 0.29) is 6.04 Å². The van der Waals surface area contributed by atoms with E-state index in [1.54, 1.807) is 4.90 Å². The quantitative estimate of drug-likeness (QED) is 0.337. The van der Waals surface area contributed by atoms with Crippen molar-refractivity contribution in [3.05, 3.63) is 47.0 Å². The number of likely N-dealkylation sites (tertiary alicyclic amines) is 1. The number of anilines is 2. The van der Waals surface area contributed by atoms with E-state index >= 15 is 0 Å². The zero-order valence-electron chi connectivity index (χ0n) is 17.8. The number of benzene rings is 2. The molecule has 0 bridgehead atoms. The lowest BCUT2D eigenvalue weighted by molar-refractivity contribution is 0.202. The lowest BCUT2D eigenvalue weighted by Crippen LogP contribution is -2.47. The van der Waals surface area contributed by atoms with Crippen LogP contribution in [0.2, 0.25) is 5.02 Å². The van der Waals surface area contributed by atoms with Crippen molar-refractivity contribution in [2.45, 2.75) is 53.5 Å². The van der Waals surface area contributed by atoms with Gasteiger partial charge >= 0.3 is 5.37 Å². The number of rotatable bonds is 1. The van der Waals surface area contributed by atoms with Crippen molar-refractivity contribution >= 4 is 39.9 Å². The summed E-state index contributed by atoms with van der Waals surface area (Å²) in [5, 5.41) is 0.245. The van der Waals surface area contributed by atoms with Crippen LogP contribution in [-0.2, 0) is 0 Å². The number of hydrogen-bond donors (Lipinski definition) is 0. The minimum atomic E-state index is -0.390. The zero-order valence-corrected chi connectivity index (χ0v) is 19.3. The maximum absolute atomic E-state index is 11.6. The number of amides is 1. The van der Waals surface area contributed by atoms with Gasteiger partial charge in [0.15, 0.2) is 11.5 Å². The van der Waals surface area contributed by atoms with E-state index in [4.69, 9.17) is 27.9 Å². The van der Waals surface area contributed by atoms with Crippen LogP contribution in [0.3, 0.4) is 0 Å². The fraction of sp³-hybridized carbons (Fsp3) is 0.435. The summed E-state index contributed by atoms with van der Waals surface area (Å²) in [7, 11) is 0. The Balaban J connectivity index is 0.000000707. The molecule has 4 rings (SSSR count). The third-order valence-corrected chi connectivity index (χ3v) is 5.26. The topological polar surface area (TPSA) is 32.8 Å². The van der Waals surface area contributed by atoms with E-state index in [1.807, 2.05) is 58.9 Å². The zero-order chi connectivity index (χ0) is 21.6. The lowest BCUT2D eigenvalue weighted by Gasteiger charge is -2.42. The SMILES string of the molecule is CC.CC.Cc1ccc2c(c1)Oc1cc(Cl)ccc1N2[C@@H]1CCCN(C(=O)Cl)C1. The maximum Gasteiger partial charge on any atom is 0.316 e. The second kappa shape index (κ2) is 10.7. The van der Waals surface area contributed by atoms with Gasteiger partial charge in [-0.05, 0) is 61.2 Å². The van der Waals surface area contributed by atoms with Gasteiger partial charge in [0.1, 0.15) is 0 Å². The molecule has 2 aromatic carbocycles. The Kier molecular flexibility index (Phi) is 8.66. The molecule has 0 aromatic heterocycles. The minimum Gasteiger partial charge on any atom is -0.453 e. The molecule has 1 amide bonds. The predicted octanol–water partition coefficient (Wildman–Crippen LogP) is 7.77. The van der Waals surface area contributed by atoms with Gasteiger partial charge in [0.05, 0.1) is 17.4 Å². The smallest absolute Gasteiger partial charge is 0.316 e. The third-order valence-electron chi connectivity index (χ3n) is 4.79. The van der Waals surface area contributed by atoms with Crippen molar-refractivity contribution in [1.29, 1.82) is 0 Å². The monoisotopic (exact) mass is 436 g/mol. The highest BCUT2D eigenvalue weighted by atomic mass is 35.5. The molecule has 2 aromatic rings. The fourth-order valence-electron chi connectivity index (χ4n) is 3.64. The van der Waals surface area contributed by atoms with Crippen LogP contribution in [0.4, 0.5) is 16.2 Å². The second-order valence-corrected chi connectivity index (χ2v) is 7.31. The molecule has 6 heteroatoms. The number of halogens is 2. The molecule has 0 unspecified atom stereocenters. The molecule has 1 fully saturated rings. The molecular weight excluding hydrogens is 407 g/mol. The van der Waals surface area contributed by atoms with Gasteiger partial charge in [-0.25, -0.2) is 0 Å². The van der Waals surface area contributed by atoms with Crippen molar-refractivity contribution < 1.29 is 9.53 Å². The molecule has 0 N–H and O–H groups in total. The standard InChI is InChI=1S/C19H18Cl2N2O2.2C2H6/c1-12-4-6-15-17(9-12)25-18-10-13(20)5-7-16(18)23(15)14-3-2-8-22(11-14)19(21)24;2*1-2/h4-7,9-10,14H,2-3,8,11H2,1H3;2*1-2H3/t14-;;/m1../s1. The summed E-state index contributed by atoms with van der Waals surface area (Å²) in [5.74, 6) is 1.55. The molecule has 158 valence electrons. The number of carbonyl (C=O) groups is 1. The normalized spacial score (nSPS) is 16.9. The second-order valence-electron chi connectivity index (χ2n) is 6.55. The van der Waals surface area contributed by atoms with E-state index in [1.165, 1.54) is 0 Å². The number of piperidine rings is 1. The summed E-state index contributed by atoms with van der Waals surface area (Å²) in [6.45, 7) is 11.3. The van der Waals surface area contributed by atoms with Crippen LogP contribution in [0.1, 0.15) is 46.1 Å². The molecule has 4 nitrogen and oxygen atoms in total. The summed E-state index contributed by atoms with van der Waals surface area (Å²) in [5.41, 5.74) is 3.11. The Morgan fingerprint density at radius 2 is 1.66 bits per heavy atom. The first kappa shape index (κ1) is 23.4. The number of aryl methyl sites for hydroxylation is 1. The van der Waals surface area contributed by atoms with Crippen molar-refractivity contribution in [3.8, 4) is 11.5 Å². The van der Waals surface area contributed by atoms with Gasteiger partial charge in [-0.1, -0.05) is 45.4 Å². The molecule has 2 heterocycles. The third kappa shape index (κ3) is 5.18. The number of ether oxygens (including phenoxy) is 1. The first-order valence-corrected chi connectivity index (χ1v) is 11.1. The largest absolute Gasteiger partial charge is 0.453 e. The van der Waals surface area contributed by atoms with E-state index in [0.717, 1.165) is 41.3 Å². The summed E-state index contributed by atoms with van der Waals surface area (Å²) in [4.78, 5) is 15.6. The molecule has 29 heavy (non-hydrogen) atoms. The highest BCUT2D eigenvalue weighted by Crippen LogP contribution is 2.49. The van der Waals surface area contributed by atoms with Gasteiger partial charge in [0.25, 0.3) is 0 Å². The molecule has 0 aliphatic carbocycles. The van der Waals surface area contributed by atoms with Crippen LogP contribution < -0.4 is 9.64 Å². The van der Waals surface area contributed by atoms with E-state index < -0.39 is 5.37 Å². The Morgan fingerprint density at radius 1 is 1.03 bits per heavy atom. The highest BCUT2D eigenvalue weighted by Gasteiger charge is 2.34. The van der Waals surface area contributed by atoms with Gasteiger partial charge in [-0.15, -0.1) is 0 Å². The molecule has 1 atom stereocenters. The Morgan fingerprint density at radius 3 is 2.31 bits per heavy atom. The fourth-order valence-corrected chi connectivity index (χ4v) is 3.95. The van der Waals surface area contributed by atoms with Gasteiger partial charge < -0.3 is 14.5 Å². The van der Waals surface area contributed by atoms with Crippen LogP contribution in [-0.4, -0.2) is 29.4 Å². The molecule has 0 radical (unpaired) electrons. The summed E-state index contributed by atoms with van der Waals surface area (Å²) in [6, 6.07) is 12.0. The first-order chi connectivity index (χ1) is 14.0. The van der Waals surface area contributed by atoms with Crippen molar-refractivity contribution in [2.24, 2.45) is 0 Å². The molecule has 1 saturated heterocycles. The van der Waals surface area contributed by atoms with Crippen LogP contribution in [0.25, 0.3) is 0 Å². The summed E-state index contributed by atoms with van der Waals surface area (Å²) >= 11 is 11.9. The average Bonchev–Trinajstić information content (AvgIpc) is 2.74. The molecule has 0 spiro atoms. The lowest BCUT2D eigenvalue weighted by atomic mass is 10.0. The average molecular weight is 437 g/mol. The van der Waals surface area contributed by atoms with Crippen LogP contribution in [0.15, 0.2) is 36.4 Å². The van der Waals surface area contributed by atoms with Gasteiger partial charge in [-0.2, -0.15) is 0 Å². The molecule has 2 aliphatic heterocycles. The Hall–Kier alpha value is -1.91.